The van der Waals surface area contributed by atoms with Crippen LogP contribution in [0.5, 0.6) is 0 Å². The van der Waals surface area contributed by atoms with Gasteiger partial charge in [-0.05, 0) is 56.3 Å². The average molecular weight is 314 g/mol. The maximum atomic E-state index is 11.9. The lowest BCUT2D eigenvalue weighted by Crippen LogP contribution is -2.47. The van der Waals surface area contributed by atoms with Gasteiger partial charge in [0.1, 0.15) is 0 Å². The Morgan fingerprint density at radius 2 is 2.13 bits per heavy atom. The Kier molecular flexibility index (Phi) is 7.34. The minimum atomic E-state index is 0.0508. The Morgan fingerprint density at radius 1 is 1.35 bits per heavy atom. The lowest BCUT2D eigenvalue weighted by Gasteiger charge is -2.33. The zero-order chi connectivity index (χ0) is 16.5. The van der Waals surface area contributed by atoms with E-state index in [1.807, 2.05) is 6.08 Å². The average Bonchev–Trinajstić information content (AvgIpc) is 2.54. The van der Waals surface area contributed by atoms with Gasteiger partial charge in [-0.2, -0.15) is 0 Å². The highest BCUT2D eigenvalue weighted by molar-refractivity contribution is 5.87. The van der Waals surface area contributed by atoms with Crippen LogP contribution < -0.4 is 5.32 Å². The molecule has 0 spiro atoms. The van der Waals surface area contributed by atoms with Gasteiger partial charge in [0.2, 0.25) is 5.91 Å². The van der Waals surface area contributed by atoms with Crippen LogP contribution in [0.2, 0.25) is 0 Å². The van der Waals surface area contributed by atoms with Crippen molar-refractivity contribution >= 4 is 5.91 Å². The highest BCUT2D eigenvalue weighted by Gasteiger charge is 2.20. The van der Waals surface area contributed by atoms with E-state index >= 15 is 0 Å². The number of benzene rings is 1. The minimum Gasteiger partial charge on any atom is -0.349 e. The molecule has 23 heavy (non-hydrogen) atoms. The Labute approximate surface area is 140 Å². The van der Waals surface area contributed by atoms with Gasteiger partial charge in [-0.15, -0.1) is 0 Å². The summed E-state index contributed by atoms with van der Waals surface area (Å²) in [4.78, 5) is 14.4. The van der Waals surface area contributed by atoms with Crippen molar-refractivity contribution in [1.29, 1.82) is 0 Å². The van der Waals surface area contributed by atoms with Crippen LogP contribution in [0.1, 0.15) is 38.7 Å². The largest absolute Gasteiger partial charge is 0.349 e. The van der Waals surface area contributed by atoms with Crippen LogP contribution in [0.4, 0.5) is 0 Å². The molecule has 1 atom stereocenters. The monoisotopic (exact) mass is 314 g/mol. The minimum absolute atomic E-state index is 0.0508. The molecule has 1 N–H and O–H groups in total. The van der Waals surface area contributed by atoms with E-state index in [-0.39, 0.29) is 5.91 Å². The third-order valence-electron chi connectivity index (χ3n) is 4.27. The van der Waals surface area contributed by atoms with Gasteiger partial charge >= 0.3 is 0 Å². The first-order valence-corrected chi connectivity index (χ1v) is 8.88. The second kappa shape index (κ2) is 9.51. The van der Waals surface area contributed by atoms with Crippen molar-refractivity contribution < 1.29 is 4.79 Å². The summed E-state index contributed by atoms with van der Waals surface area (Å²) >= 11 is 0. The van der Waals surface area contributed by atoms with Gasteiger partial charge in [0.05, 0.1) is 0 Å². The molecule has 126 valence electrons. The Balaban J connectivity index is 1.69. The Bertz CT molecular complexity index is 496. The summed E-state index contributed by atoms with van der Waals surface area (Å²) in [5.41, 5.74) is 1.41. The normalized spacial score (nSPS) is 19.3. The zero-order valence-corrected chi connectivity index (χ0v) is 14.5. The smallest absolute Gasteiger partial charge is 0.243 e. The van der Waals surface area contributed by atoms with E-state index in [2.05, 4.69) is 54.4 Å². The molecular formula is C20H30N2O. The van der Waals surface area contributed by atoms with Crippen LogP contribution in [0.15, 0.2) is 42.5 Å². The fourth-order valence-corrected chi connectivity index (χ4v) is 3.06. The van der Waals surface area contributed by atoms with Crippen LogP contribution in [0.25, 0.3) is 0 Å². The predicted octanol–water partition coefficient (Wildman–Crippen LogP) is 3.41. The molecule has 3 nitrogen and oxygen atoms in total. The number of piperidine rings is 1. The maximum absolute atomic E-state index is 11.9. The van der Waals surface area contributed by atoms with E-state index < -0.39 is 0 Å². The van der Waals surface area contributed by atoms with Gasteiger partial charge < -0.3 is 10.2 Å². The van der Waals surface area contributed by atoms with E-state index in [1.54, 1.807) is 6.08 Å². The molecule has 1 fully saturated rings. The Morgan fingerprint density at radius 3 is 2.87 bits per heavy atom. The summed E-state index contributed by atoms with van der Waals surface area (Å²) < 4.78 is 0. The van der Waals surface area contributed by atoms with Crippen molar-refractivity contribution in [2.45, 2.75) is 45.6 Å². The Hall–Kier alpha value is -1.61. The molecule has 0 aromatic heterocycles. The number of nitrogens with one attached hydrogen (secondary N) is 1. The molecule has 0 unspecified atom stereocenters. The number of hydrogen-bond donors (Lipinski definition) is 1. The van der Waals surface area contributed by atoms with E-state index in [9.17, 15) is 4.79 Å². The van der Waals surface area contributed by atoms with Crippen LogP contribution in [0.3, 0.4) is 0 Å². The highest BCUT2D eigenvalue weighted by Crippen LogP contribution is 2.12. The zero-order valence-electron chi connectivity index (χ0n) is 14.5. The van der Waals surface area contributed by atoms with Gasteiger partial charge in [0.15, 0.2) is 0 Å². The topological polar surface area (TPSA) is 32.3 Å². The first-order chi connectivity index (χ1) is 11.1. The number of aryl methyl sites for hydroxylation is 1. The van der Waals surface area contributed by atoms with Crippen LogP contribution in [-0.4, -0.2) is 36.5 Å². The van der Waals surface area contributed by atoms with Crippen molar-refractivity contribution in [2.24, 2.45) is 5.92 Å². The van der Waals surface area contributed by atoms with Crippen LogP contribution in [-0.2, 0) is 11.2 Å². The molecule has 1 heterocycles. The van der Waals surface area contributed by atoms with Gasteiger partial charge in [0, 0.05) is 12.6 Å². The van der Waals surface area contributed by atoms with E-state index in [1.165, 1.54) is 18.4 Å². The standard InChI is InChI=1S/C20H30N2O/c1-17(2)12-13-20(23)21-19-11-7-15-22(16-19)14-6-10-18-8-4-3-5-9-18/h3-5,8-9,12-13,17,19H,6-7,10-11,14-16H2,1-2H3,(H,21,23)/b13-12+/t19-/m0/s1. The second-order valence-corrected chi connectivity index (χ2v) is 6.84. The maximum Gasteiger partial charge on any atom is 0.243 e. The van der Waals surface area contributed by atoms with Crippen LogP contribution in [0, 0.1) is 5.92 Å². The number of rotatable bonds is 7. The summed E-state index contributed by atoms with van der Waals surface area (Å²) in [6, 6.07) is 11.0. The molecule has 1 aliphatic heterocycles. The molecule has 0 aliphatic carbocycles. The SMILES string of the molecule is CC(C)/C=C/C(=O)N[C@H]1CCCN(CCCc2ccccc2)C1. The van der Waals surface area contributed by atoms with Crippen molar-refractivity contribution in [3.8, 4) is 0 Å². The molecule has 1 saturated heterocycles. The molecule has 1 aromatic rings. The first kappa shape index (κ1) is 17.7. The molecular weight excluding hydrogens is 284 g/mol. The van der Waals surface area contributed by atoms with Crippen molar-refractivity contribution in [2.75, 3.05) is 19.6 Å². The number of hydrogen-bond acceptors (Lipinski definition) is 2. The molecule has 0 radical (unpaired) electrons. The number of carbonyl (C=O) groups is 1. The third-order valence-corrected chi connectivity index (χ3v) is 4.27. The van der Waals surface area contributed by atoms with Gasteiger partial charge in [0.25, 0.3) is 0 Å². The number of nitrogens with zero attached hydrogens (tertiary/aromatic N) is 1. The number of amides is 1. The molecule has 0 bridgehead atoms. The van der Waals surface area contributed by atoms with E-state index in [0.717, 1.165) is 32.5 Å². The van der Waals surface area contributed by atoms with Gasteiger partial charge in [-0.25, -0.2) is 0 Å². The summed E-state index contributed by atoms with van der Waals surface area (Å²) in [6.07, 6.45) is 8.21. The van der Waals surface area contributed by atoms with Crippen molar-refractivity contribution in [1.82, 2.24) is 10.2 Å². The third kappa shape index (κ3) is 7.00. The summed E-state index contributed by atoms with van der Waals surface area (Å²) in [7, 11) is 0. The summed E-state index contributed by atoms with van der Waals surface area (Å²) in [5, 5.41) is 3.14. The fourth-order valence-electron chi connectivity index (χ4n) is 3.06. The molecule has 2 rings (SSSR count). The predicted molar refractivity (Wildman–Crippen MR) is 96.3 cm³/mol. The summed E-state index contributed by atoms with van der Waals surface area (Å²) in [6.45, 7) is 7.42. The second-order valence-electron chi connectivity index (χ2n) is 6.84. The fraction of sp³-hybridized carbons (Fsp3) is 0.550. The molecule has 3 heteroatoms. The molecule has 1 amide bonds. The molecule has 1 aromatic carbocycles. The quantitative estimate of drug-likeness (QED) is 0.782. The number of carbonyl (C=O) groups excluding carboxylic acids is 1. The lowest BCUT2D eigenvalue weighted by atomic mass is 10.0. The number of likely N-dealkylation sites (tertiary alicyclic amines) is 1. The van der Waals surface area contributed by atoms with Crippen molar-refractivity contribution in [3.05, 3.63) is 48.0 Å². The van der Waals surface area contributed by atoms with Gasteiger partial charge in [-0.3, -0.25) is 4.79 Å². The van der Waals surface area contributed by atoms with E-state index in [0.29, 0.717) is 12.0 Å². The summed E-state index contributed by atoms with van der Waals surface area (Å²) in [5.74, 6) is 0.469. The van der Waals surface area contributed by atoms with E-state index in [4.69, 9.17) is 0 Å². The first-order valence-electron chi connectivity index (χ1n) is 8.88. The lowest BCUT2D eigenvalue weighted by molar-refractivity contribution is -0.117. The van der Waals surface area contributed by atoms with Gasteiger partial charge in [-0.1, -0.05) is 50.3 Å². The number of allylic oxidation sites excluding steroid dienone is 1. The van der Waals surface area contributed by atoms with Crippen LogP contribution >= 0.6 is 0 Å². The van der Waals surface area contributed by atoms with Crippen molar-refractivity contribution in [3.63, 3.8) is 0 Å². The molecule has 1 aliphatic rings. The highest BCUT2D eigenvalue weighted by atomic mass is 16.1. The molecule has 0 saturated carbocycles.